The van der Waals surface area contributed by atoms with Gasteiger partial charge in [0.15, 0.2) is 5.78 Å². The standard InChI is InChI=1S/2C17H12NO.C5H8O2.Ir/c2*1-2-6-15(7-3-1)19-16-11-9-14(10-12-16)17-8-4-5-13-18-17;1-4(6)3-5(2)7;/h2*1-9,11-13H;3,6H,1-2H3;/q2*-1;;/b;;4-3-;. The Hall–Kier alpha value is -5.36. The molecule has 0 unspecified atom stereocenters. The molecular formula is C39H32IrN2O4-2. The Balaban J connectivity index is 0.000000205. The Labute approximate surface area is 283 Å². The van der Waals surface area contributed by atoms with Crippen LogP contribution in [0.4, 0.5) is 0 Å². The van der Waals surface area contributed by atoms with E-state index in [2.05, 4.69) is 22.1 Å². The largest absolute Gasteiger partial charge is 0.512 e. The van der Waals surface area contributed by atoms with Crippen LogP contribution in [-0.2, 0) is 24.9 Å². The maximum Gasteiger partial charge on any atom is 0.155 e. The van der Waals surface area contributed by atoms with Gasteiger partial charge in [0.05, 0.1) is 5.76 Å². The number of aliphatic hydroxyl groups is 1. The van der Waals surface area contributed by atoms with E-state index in [0.29, 0.717) is 0 Å². The molecule has 0 aliphatic rings. The van der Waals surface area contributed by atoms with Crippen molar-refractivity contribution >= 4 is 5.78 Å². The molecule has 6 nitrogen and oxygen atoms in total. The van der Waals surface area contributed by atoms with E-state index >= 15 is 0 Å². The first kappa shape index (κ1) is 35.1. The van der Waals surface area contributed by atoms with Gasteiger partial charge < -0.3 is 24.5 Å². The minimum atomic E-state index is -0.125. The summed E-state index contributed by atoms with van der Waals surface area (Å²) in [4.78, 5) is 18.6. The Morgan fingerprint density at radius 3 is 1.28 bits per heavy atom. The zero-order valence-electron chi connectivity index (χ0n) is 25.3. The summed E-state index contributed by atoms with van der Waals surface area (Å²) in [5, 5.41) is 8.36. The monoisotopic (exact) mass is 785 g/mol. The number of hydrogen-bond acceptors (Lipinski definition) is 6. The number of allylic oxidation sites excluding steroid dienone is 2. The van der Waals surface area contributed by atoms with Gasteiger partial charge in [0.25, 0.3) is 0 Å². The fourth-order valence-electron chi connectivity index (χ4n) is 3.85. The molecule has 0 spiro atoms. The molecule has 4 aromatic carbocycles. The number of aromatic nitrogens is 2. The zero-order valence-corrected chi connectivity index (χ0v) is 27.7. The van der Waals surface area contributed by atoms with Crippen molar-refractivity contribution in [3.8, 4) is 45.5 Å². The molecule has 0 saturated heterocycles. The van der Waals surface area contributed by atoms with Gasteiger partial charge >= 0.3 is 0 Å². The third kappa shape index (κ3) is 12.3. The number of benzene rings is 4. The van der Waals surface area contributed by atoms with Gasteiger partial charge in [0.2, 0.25) is 0 Å². The number of rotatable bonds is 7. The van der Waals surface area contributed by atoms with Gasteiger partial charge in [-0.1, -0.05) is 60.7 Å². The average Bonchev–Trinajstić information content (AvgIpc) is 3.07. The van der Waals surface area contributed by atoms with Crippen molar-refractivity contribution in [2.75, 3.05) is 0 Å². The summed E-state index contributed by atoms with van der Waals surface area (Å²) in [5.41, 5.74) is 3.74. The Kier molecular flexibility index (Phi) is 14.6. The number of ether oxygens (including phenoxy) is 2. The smallest absolute Gasteiger partial charge is 0.155 e. The Morgan fingerprint density at radius 1 is 0.587 bits per heavy atom. The topological polar surface area (TPSA) is 81.5 Å². The molecule has 6 rings (SSSR count). The van der Waals surface area contributed by atoms with Gasteiger partial charge in [0.1, 0.15) is 11.5 Å². The van der Waals surface area contributed by atoms with Crippen molar-refractivity contribution < 1.29 is 39.5 Å². The average molecular weight is 785 g/mol. The summed E-state index contributed by atoms with van der Waals surface area (Å²) >= 11 is 0. The van der Waals surface area contributed by atoms with Crippen molar-refractivity contribution in [3.05, 3.63) is 170 Å². The van der Waals surface area contributed by atoms with Crippen molar-refractivity contribution in [3.63, 3.8) is 0 Å². The van der Waals surface area contributed by atoms with Crippen LogP contribution in [0.25, 0.3) is 22.5 Å². The van der Waals surface area contributed by atoms with Crippen LogP contribution in [-0.4, -0.2) is 20.9 Å². The summed E-state index contributed by atoms with van der Waals surface area (Å²) in [6.07, 6.45) is 4.72. The third-order valence-corrected chi connectivity index (χ3v) is 5.82. The van der Waals surface area contributed by atoms with Crippen LogP contribution in [0.15, 0.2) is 158 Å². The van der Waals surface area contributed by atoms with Crippen molar-refractivity contribution in [1.29, 1.82) is 0 Å². The zero-order chi connectivity index (χ0) is 31.7. The van der Waals surface area contributed by atoms with Gasteiger partial charge in [-0.3, -0.25) is 4.79 Å². The number of ketones is 1. The normalized spacial score (nSPS) is 10.1. The molecule has 7 heteroatoms. The van der Waals surface area contributed by atoms with Crippen molar-refractivity contribution in [2.45, 2.75) is 13.8 Å². The number of carbonyl (C=O) groups is 1. The van der Waals surface area contributed by atoms with Gasteiger partial charge in [0, 0.05) is 50.1 Å². The van der Waals surface area contributed by atoms with E-state index in [-0.39, 0.29) is 31.6 Å². The molecule has 6 aromatic rings. The Bertz CT molecular complexity index is 1620. The van der Waals surface area contributed by atoms with E-state index in [1.807, 2.05) is 133 Å². The molecule has 46 heavy (non-hydrogen) atoms. The predicted octanol–water partition coefficient (Wildman–Crippen LogP) is 9.72. The first-order chi connectivity index (χ1) is 22.0. The molecule has 1 N–H and O–H groups in total. The second-order valence-corrected chi connectivity index (χ2v) is 9.53. The van der Waals surface area contributed by atoms with E-state index in [1.54, 1.807) is 12.4 Å². The van der Waals surface area contributed by atoms with E-state index in [9.17, 15) is 4.79 Å². The summed E-state index contributed by atoms with van der Waals surface area (Å²) < 4.78 is 11.4. The van der Waals surface area contributed by atoms with E-state index < -0.39 is 0 Å². The van der Waals surface area contributed by atoms with Crippen LogP contribution in [0.1, 0.15) is 13.8 Å². The van der Waals surface area contributed by atoms with Gasteiger partial charge in [-0.25, -0.2) is 0 Å². The van der Waals surface area contributed by atoms with Gasteiger partial charge in [-0.15, -0.1) is 59.7 Å². The molecule has 0 aliphatic carbocycles. The molecule has 0 atom stereocenters. The van der Waals surface area contributed by atoms with E-state index in [4.69, 9.17) is 14.6 Å². The van der Waals surface area contributed by atoms with Crippen LogP contribution in [0, 0.1) is 12.1 Å². The van der Waals surface area contributed by atoms with Crippen molar-refractivity contribution in [1.82, 2.24) is 9.97 Å². The first-order valence-electron chi connectivity index (χ1n) is 14.2. The first-order valence-corrected chi connectivity index (χ1v) is 14.2. The van der Waals surface area contributed by atoms with Crippen LogP contribution >= 0.6 is 0 Å². The van der Waals surface area contributed by atoms with Crippen LogP contribution in [0.5, 0.6) is 23.0 Å². The molecule has 0 fully saturated rings. The number of aliphatic hydroxyl groups excluding tert-OH is 1. The second kappa shape index (κ2) is 19.1. The van der Waals surface area contributed by atoms with Crippen LogP contribution < -0.4 is 9.47 Å². The molecule has 0 amide bonds. The number of carbonyl (C=O) groups excluding carboxylic acids is 1. The maximum absolute atomic E-state index is 10.0. The molecule has 2 aromatic heterocycles. The number of nitrogens with zero attached hydrogens (tertiary/aromatic N) is 2. The molecule has 1 radical (unpaired) electrons. The molecular weight excluding hydrogens is 753 g/mol. The maximum atomic E-state index is 10.0. The van der Waals surface area contributed by atoms with Gasteiger partial charge in [-0.2, -0.15) is 0 Å². The fraction of sp³-hybridized carbons (Fsp3) is 0.0513. The van der Waals surface area contributed by atoms with Gasteiger partial charge in [-0.05, 0) is 61.6 Å². The van der Waals surface area contributed by atoms with E-state index in [1.165, 1.54) is 19.9 Å². The molecule has 0 bridgehead atoms. The summed E-state index contributed by atoms with van der Waals surface area (Å²) in [6, 6.07) is 48.8. The minimum Gasteiger partial charge on any atom is -0.512 e. The number of pyridine rings is 2. The van der Waals surface area contributed by atoms with E-state index in [0.717, 1.165) is 45.5 Å². The summed E-state index contributed by atoms with van der Waals surface area (Å²) in [5.74, 6) is 3.12. The second-order valence-electron chi connectivity index (χ2n) is 9.53. The molecule has 0 saturated carbocycles. The van der Waals surface area contributed by atoms with Crippen LogP contribution in [0.2, 0.25) is 0 Å². The summed E-state index contributed by atoms with van der Waals surface area (Å²) in [6.45, 7) is 2.85. The SMILES string of the molecule is CC(=O)/C=C(/C)O.[Ir].[c-]1cc(Oc2ccccc2)ccc1-c1ccccn1.[c-]1cc(Oc2ccccc2)ccc1-c1ccccn1. The minimum absolute atomic E-state index is 0. The molecule has 2 heterocycles. The Morgan fingerprint density at radius 2 is 1.00 bits per heavy atom. The number of hydrogen-bond donors (Lipinski definition) is 1. The predicted molar refractivity (Wildman–Crippen MR) is 177 cm³/mol. The third-order valence-electron chi connectivity index (χ3n) is 5.82. The summed E-state index contributed by atoms with van der Waals surface area (Å²) in [7, 11) is 0. The molecule has 0 aliphatic heterocycles. The quantitative estimate of drug-likeness (QED) is 0.0987. The number of para-hydroxylation sites is 2. The van der Waals surface area contributed by atoms with Crippen molar-refractivity contribution in [2.24, 2.45) is 0 Å². The fourth-order valence-corrected chi connectivity index (χ4v) is 3.85. The van der Waals surface area contributed by atoms with Crippen LogP contribution in [0.3, 0.4) is 0 Å². The molecule has 233 valence electrons.